The Bertz CT molecular complexity index is 1640. The van der Waals surface area contributed by atoms with Crippen molar-refractivity contribution in [3.63, 3.8) is 0 Å². The van der Waals surface area contributed by atoms with Crippen LogP contribution in [0.25, 0.3) is 10.9 Å². The molecule has 2 aromatic heterocycles. The Hall–Kier alpha value is -3.12. The van der Waals surface area contributed by atoms with Crippen molar-refractivity contribution in [2.24, 2.45) is 0 Å². The third kappa shape index (κ3) is 5.69. The molecule has 4 aromatic rings. The fraction of sp³-hybridized carbons (Fsp3) is 0.259. The second kappa shape index (κ2) is 11.0. The smallest absolute Gasteiger partial charge is 0.382 e. The highest BCUT2D eigenvalue weighted by atomic mass is 35.5. The van der Waals surface area contributed by atoms with Gasteiger partial charge in [0.2, 0.25) is 5.56 Å². The van der Waals surface area contributed by atoms with Gasteiger partial charge in [-0.1, -0.05) is 59.6 Å². The molecule has 1 atom stereocenters. The standard InChI is InChI=1S/C27H23Cl2F3N4O3S/c28-18-7-4-16(5-8-18)25(17-6-9-23(29)33-15-17)21-3-1-2-20-22(14-24(37)35-26(20)21)34-19-10-12-36(13-11-19)40(38,39)27(30,31)32/h1-9,14-15,19,25H,10-13H2,(H2,34,35,37). The molecule has 0 saturated carbocycles. The van der Waals surface area contributed by atoms with E-state index in [1.54, 1.807) is 24.4 Å². The Morgan fingerprint density at radius 1 is 1.00 bits per heavy atom. The molecule has 2 N–H and O–H groups in total. The van der Waals surface area contributed by atoms with Crippen molar-refractivity contribution in [2.75, 3.05) is 18.4 Å². The zero-order valence-electron chi connectivity index (χ0n) is 20.8. The van der Waals surface area contributed by atoms with Crippen LogP contribution in [0.4, 0.5) is 18.9 Å². The third-order valence-electron chi connectivity index (χ3n) is 6.95. The van der Waals surface area contributed by atoms with Crippen molar-refractivity contribution in [3.05, 3.63) is 104 Å². The van der Waals surface area contributed by atoms with Crippen LogP contribution in [-0.2, 0) is 10.0 Å². The lowest BCUT2D eigenvalue weighted by Crippen LogP contribution is -2.47. The molecule has 1 fully saturated rings. The average molecular weight is 611 g/mol. The first kappa shape index (κ1) is 28.4. The first-order chi connectivity index (χ1) is 18.9. The maximum absolute atomic E-state index is 13.0. The molecule has 1 aliphatic heterocycles. The minimum absolute atomic E-state index is 0.146. The molecule has 1 unspecified atom stereocenters. The fourth-order valence-electron chi connectivity index (χ4n) is 5.03. The van der Waals surface area contributed by atoms with Crippen LogP contribution in [0.1, 0.15) is 35.4 Å². The SMILES string of the molecule is O=c1cc(NC2CCN(S(=O)(=O)C(F)(F)F)CC2)c2cccc(C(c3ccc(Cl)cc3)c3ccc(Cl)nc3)c2[nH]1. The van der Waals surface area contributed by atoms with Crippen molar-refractivity contribution >= 4 is 49.8 Å². The Balaban J connectivity index is 1.51. The van der Waals surface area contributed by atoms with Crippen LogP contribution in [0.3, 0.4) is 0 Å². The topological polar surface area (TPSA) is 95.2 Å². The number of hydrogen-bond acceptors (Lipinski definition) is 5. The summed E-state index contributed by atoms with van der Waals surface area (Å²) in [5.41, 5.74) is -2.12. The number of fused-ring (bicyclic) bond motifs is 1. The van der Waals surface area contributed by atoms with E-state index in [2.05, 4.69) is 15.3 Å². The molecule has 3 heterocycles. The van der Waals surface area contributed by atoms with E-state index in [1.807, 2.05) is 36.4 Å². The van der Waals surface area contributed by atoms with Gasteiger partial charge in [-0.15, -0.1) is 0 Å². The summed E-state index contributed by atoms with van der Waals surface area (Å²) in [6.45, 7) is -0.567. The molecule has 13 heteroatoms. The van der Waals surface area contributed by atoms with Crippen LogP contribution in [-0.4, -0.2) is 47.3 Å². The molecule has 0 aliphatic carbocycles. The number of H-pyrrole nitrogens is 1. The monoisotopic (exact) mass is 610 g/mol. The highest BCUT2D eigenvalue weighted by molar-refractivity contribution is 7.90. The molecular weight excluding hydrogens is 588 g/mol. The van der Waals surface area contributed by atoms with E-state index < -0.39 is 15.5 Å². The number of nitrogens with one attached hydrogen (secondary N) is 2. The highest BCUT2D eigenvalue weighted by Gasteiger charge is 2.50. The molecule has 5 rings (SSSR count). The van der Waals surface area contributed by atoms with Gasteiger partial charge in [0.05, 0.1) is 5.52 Å². The van der Waals surface area contributed by atoms with Gasteiger partial charge in [-0.05, 0) is 47.7 Å². The van der Waals surface area contributed by atoms with Gasteiger partial charge in [-0.3, -0.25) is 4.79 Å². The van der Waals surface area contributed by atoms with E-state index in [9.17, 15) is 26.4 Å². The Labute approximate surface area is 238 Å². The van der Waals surface area contributed by atoms with Gasteiger partial charge in [-0.2, -0.15) is 17.5 Å². The number of nitrogens with zero attached hydrogens (tertiary/aromatic N) is 2. The second-order valence-electron chi connectivity index (χ2n) is 9.48. The van der Waals surface area contributed by atoms with Crippen LogP contribution in [0.2, 0.25) is 10.2 Å². The van der Waals surface area contributed by atoms with Crippen molar-refractivity contribution in [1.82, 2.24) is 14.3 Å². The number of aromatic amines is 1. The average Bonchev–Trinajstić information content (AvgIpc) is 2.91. The quantitative estimate of drug-likeness (QED) is 0.256. The summed E-state index contributed by atoms with van der Waals surface area (Å²) in [6.07, 6.45) is 1.96. The summed E-state index contributed by atoms with van der Waals surface area (Å²) in [6, 6.07) is 17.5. The number of para-hydroxylation sites is 1. The summed E-state index contributed by atoms with van der Waals surface area (Å²) in [4.78, 5) is 20.0. The lowest BCUT2D eigenvalue weighted by Gasteiger charge is -2.32. The van der Waals surface area contributed by atoms with Crippen LogP contribution >= 0.6 is 23.2 Å². The number of sulfonamides is 1. The maximum atomic E-state index is 13.0. The summed E-state index contributed by atoms with van der Waals surface area (Å²) < 4.78 is 62.9. The van der Waals surface area contributed by atoms with E-state index in [4.69, 9.17) is 23.2 Å². The number of halogens is 5. The van der Waals surface area contributed by atoms with Crippen LogP contribution < -0.4 is 10.9 Å². The zero-order valence-corrected chi connectivity index (χ0v) is 23.1. The van der Waals surface area contributed by atoms with Crippen LogP contribution in [0.15, 0.2) is 71.7 Å². The van der Waals surface area contributed by atoms with Crippen molar-refractivity contribution in [1.29, 1.82) is 0 Å². The normalized spacial score (nSPS) is 16.2. The predicted molar refractivity (Wildman–Crippen MR) is 149 cm³/mol. The van der Waals surface area contributed by atoms with Gasteiger partial charge in [0.1, 0.15) is 5.15 Å². The first-order valence-corrected chi connectivity index (χ1v) is 14.5. The van der Waals surface area contributed by atoms with Gasteiger partial charge < -0.3 is 10.3 Å². The minimum Gasteiger partial charge on any atom is -0.382 e. The number of aromatic nitrogens is 2. The van der Waals surface area contributed by atoms with Gasteiger partial charge in [0, 0.05) is 53.4 Å². The highest BCUT2D eigenvalue weighted by Crippen LogP contribution is 2.37. The molecule has 210 valence electrons. The molecule has 1 aliphatic rings. The van der Waals surface area contributed by atoms with Crippen molar-refractivity contribution < 1.29 is 21.6 Å². The molecule has 40 heavy (non-hydrogen) atoms. The lowest BCUT2D eigenvalue weighted by molar-refractivity contribution is -0.0494. The number of alkyl halides is 3. The molecule has 0 radical (unpaired) electrons. The van der Waals surface area contributed by atoms with E-state index in [0.717, 1.165) is 16.7 Å². The van der Waals surface area contributed by atoms with E-state index in [0.29, 0.717) is 31.1 Å². The Kier molecular flexibility index (Phi) is 7.84. The number of pyridine rings is 2. The molecular formula is C27H23Cl2F3N4O3S. The number of hydrogen-bond donors (Lipinski definition) is 2. The Morgan fingerprint density at radius 3 is 2.30 bits per heavy atom. The van der Waals surface area contributed by atoms with E-state index in [-0.39, 0.29) is 43.5 Å². The van der Waals surface area contributed by atoms with Crippen molar-refractivity contribution in [3.8, 4) is 0 Å². The molecule has 0 amide bonds. The third-order valence-corrected chi connectivity index (χ3v) is 9.06. The number of anilines is 1. The zero-order chi connectivity index (χ0) is 28.7. The van der Waals surface area contributed by atoms with E-state index in [1.165, 1.54) is 6.07 Å². The molecule has 0 spiro atoms. The first-order valence-electron chi connectivity index (χ1n) is 12.3. The number of rotatable bonds is 6. The van der Waals surface area contributed by atoms with Crippen LogP contribution in [0, 0.1) is 0 Å². The van der Waals surface area contributed by atoms with Crippen LogP contribution in [0.5, 0.6) is 0 Å². The summed E-state index contributed by atoms with van der Waals surface area (Å²) in [5.74, 6) is -0.340. The second-order valence-corrected chi connectivity index (χ2v) is 12.2. The molecule has 2 aromatic carbocycles. The molecule has 0 bridgehead atoms. The maximum Gasteiger partial charge on any atom is 0.511 e. The Morgan fingerprint density at radius 2 is 1.68 bits per heavy atom. The summed E-state index contributed by atoms with van der Waals surface area (Å²) in [5, 5.41) is 4.87. The number of benzene rings is 2. The largest absolute Gasteiger partial charge is 0.511 e. The van der Waals surface area contributed by atoms with Crippen molar-refractivity contribution in [2.45, 2.75) is 30.3 Å². The van der Waals surface area contributed by atoms with Gasteiger partial charge in [0.25, 0.3) is 0 Å². The van der Waals surface area contributed by atoms with Gasteiger partial charge >= 0.3 is 15.5 Å². The summed E-state index contributed by atoms with van der Waals surface area (Å²) >= 11 is 12.2. The summed E-state index contributed by atoms with van der Waals surface area (Å²) in [7, 11) is -5.38. The number of piperidine rings is 1. The van der Waals surface area contributed by atoms with Gasteiger partial charge in [-0.25, -0.2) is 13.4 Å². The van der Waals surface area contributed by atoms with Gasteiger partial charge in [0.15, 0.2) is 0 Å². The minimum atomic E-state index is -5.38. The lowest BCUT2D eigenvalue weighted by atomic mass is 9.84. The predicted octanol–water partition coefficient (Wildman–Crippen LogP) is 6.14. The molecule has 1 saturated heterocycles. The van der Waals surface area contributed by atoms with E-state index >= 15 is 0 Å². The fourth-order valence-corrected chi connectivity index (χ4v) is 6.26. The molecule has 7 nitrogen and oxygen atoms in total.